The van der Waals surface area contributed by atoms with E-state index in [0.29, 0.717) is 12.8 Å². The maximum Gasteiger partial charge on any atom is 0.308 e. The van der Waals surface area contributed by atoms with Crippen molar-refractivity contribution < 1.29 is 22.7 Å². The van der Waals surface area contributed by atoms with Gasteiger partial charge in [-0.05, 0) is 31.9 Å². The molecule has 1 aliphatic heterocycles. The highest BCUT2D eigenvalue weighted by atomic mass is 35.5. The highest BCUT2D eigenvalue weighted by Crippen LogP contribution is 2.29. The summed E-state index contributed by atoms with van der Waals surface area (Å²) in [4.78, 5) is 11.3. The lowest BCUT2D eigenvalue weighted by atomic mass is 9.92. The molecular formula is C15H20ClFN2O4S. The van der Waals surface area contributed by atoms with Gasteiger partial charge >= 0.3 is 5.97 Å². The number of hydrogen-bond donors (Lipinski definition) is 1. The number of carboxylic acids is 1. The Morgan fingerprint density at radius 3 is 2.75 bits per heavy atom. The zero-order chi connectivity index (χ0) is 18.1. The normalized spacial score (nSPS) is 22.7. The second-order valence-corrected chi connectivity index (χ2v) is 8.30. The number of nitrogens with zero attached hydrogens (tertiary/aromatic N) is 2. The van der Waals surface area contributed by atoms with Gasteiger partial charge in [-0.2, -0.15) is 17.0 Å². The predicted octanol–water partition coefficient (Wildman–Crippen LogP) is 2.34. The summed E-state index contributed by atoms with van der Waals surface area (Å²) in [5, 5.41) is 9.38. The molecule has 2 rings (SSSR count). The van der Waals surface area contributed by atoms with Gasteiger partial charge in [0, 0.05) is 36.8 Å². The van der Waals surface area contributed by atoms with Crippen LogP contribution in [0.3, 0.4) is 0 Å². The Kier molecular flexibility index (Phi) is 5.85. The van der Waals surface area contributed by atoms with Crippen molar-refractivity contribution in [1.29, 1.82) is 0 Å². The van der Waals surface area contributed by atoms with Gasteiger partial charge in [-0.3, -0.25) is 4.79 Å². The van der Waals surface area contributed by atoms with Crippen LogP contribution in [0, 0.1) is 11.7 Å². The largest absolute Gasteiger partial charge is 0.481 e. The minimum Gasteiger partial charge on any atom is -0.481 e. The number of piperidine rings is 1. The lowest BCUT2D eigenvalue weighted by Gasteiger charge is -2.38. The van der Waals surface area contributed by atoms with Crippen molar-refractivity contribution in [2.24, 2.45) is 5.92 Å². The van der Waals surface area contributed by atoms with Gasteiger partial charge in [-0.1, -0.05) is 17.7 Å². The lowest BCUT2D eigenvalue weighted by Crippen LogP contribution is -2.53. The summed E-state index contributed by atoms with van der Waals surface area (Å²) >= 11 is 5.95. The van der Waals surface area contributed by atoms with Gasteiger partial charge in [0.2, 0.25) is 0 Å². The quantitative estimate of drug-likeness (QED) is 0.853. The van der Waals surface area contributed by atoms with Crippen LogP contribution in [0.25, 0.3) is 0 Å². The van der Waals surface area contributed by atoms with E-state index in [9.17, 15) is 22.7 Å². The number of rotatable bonds is 5. The standard InChI is InChI=1S/C15H20ClFN2O4S/c1-10-11(15(20)21)5-4-8-19(10)24(22,23)18(2)9-12-13(16)6-3-7-14(12)17/h3,6-7,10-11H,4-5,8-9H2,1-2H3,(H,20,21)/t10-,11-/m1/s1. The SMILES string of the molecule is C[C@@H]1[C@H](C(=O)O)CCCN1S(=O)(=O)N(C)Cc1c(F)cccc1Cl. The Bertz CT molecular complexity index is 708. The van der Waals surface area contributed by atoms with Crippen LogP contribution in [0.15, 0.2) is 18.2 Å². The molecule has 9 heteroatoms. The number of hydrogen-bond acceptors (Lipinski definition) is 3. The van der Waals surface area contributed by atoms with Crippen LogP contribution < -0.4 is 0 Å². The minimum atomic E-state index is -3.93. The summed E-state index contributed by atoms with van der Waals surface area (Å²) in [6.45, 7) is 1.59. The fourth-order valence-corrected chi connectivity index (χ4v) is 4.73. The van der Waals surface area contributed by atoms with Gasteiger partial charge in [0.15, 0.2) is 0 Å². The van der Waals surface area contributed by atoms with Crippen LogP contribution in [0.1, 0.15) is 25.3 Å². The molecule has 1 aromatic rings. The summed E-state index contributed by atoms with van der Waals surface area (Å²) in [6.07, 6.45) is 0.903. The van der Waals surface area contributed by atoms with E-state index in [1.54, 1.807) is 6.92 Å². The summed E-state index contributed by atoms with van der Waals surface area (Å²) in [5.41, 5.74) is 0.0877. The molecule has 0 spiro atoms. The molecule has 0 radical (unpaired) electrons. The second kappa shape index (κ2) is 7.35. The van der Waals surface area contributed by atoms with Crippen molar-refractivity contribution in [3.63, 3.8) is 0 Å². The van der Waals surface area contributed by atoms with Crippen LogP contribution in [0.5, 0.6) is 0 Å². The van der Waals surface area contributed by atoms with Crippen LogP contribution in [0.2, 0.25) is 5.02 Å². The van der Waals surface area contributed by atoms with Crippen LogP contribution in [0.4, 0.5) is 4.39 Å². The van der Waals surface area contributed by atoms with Gasteiger partial charge < -0.3 is 5.11 Å². The fraction of sp³-hybridized carbons (Fsp3) is 0.533. The van der Waals surface area contributed by atoms with Gasteiger partial charge in [0.1, 0.15) is 5.82 Å². The number of aliphatic carboxylic acids is 1. The van der Waals surface area contributed by atoms with E-state index >= 15 is 0 Å². The van der Waals surface area contributed by atoms with Gasteiger partial charge in [0.25, 0.3) is 10.2 Å². The van der Waals surface area contributed by atoms with Crippen molar-refractivity contribution in [2.45, 2.75) is 32.4 Å². The molecule has 1 saturated heterocycles. The summed E-state index contributed by atoms with van der Waals surface area (Å²) in [5.74, 6) is -2.35. The van der Waals surface area contributed by atoms with Crippen molar-refractivity contribution in [3.8, 4) is 0 Å². The number of halogens is 2. The third kappa shape index (κ3) is 3.72. The summed E-state index contributed by atoms with van der Waals surface area (Å²) in [7, 11) is -2.60. The molecule has 0 bridgehead atoms. The van der Waals surface area contributed by atoms with Crippen molar-refractivity contribution in [1.82, 2.24) is 8.61 Å². The minimum absolute atomic E-state index is 0.0877. The molecule has 134 valence electrons. The van der Waals surface area contributed by atoms with E-state index in [1.807, 2.05) is 0 Å². The third-order valence-corrected chi connectivity index (χ3v) is 6.76. The van der Waals surface area contributed by atoms with E-state index in [2.05, 4.69) is 0 Å². The Balaban J connectivity index is 2.24. The smallest absolute Gasteiger partial charge is 0.308 e. The first kappa shape index (κ1) is 19.1. The first-order chi connectivity index (χ1) is 11.2. The zero-order valence-electron chi connectivity index (χ0n) is 13.4. The van der Waals surface area contributed by atoms with Gasteiger partial charge in [-0.25, -0.2) is 4.39 Å². The van der Waals surface area contributed by atoms with Crippen LogP contribution in [-0.2, 0) is 21.5 Å². The van der Waals surface area contributed by atoms with E-state index in [4.69, 9.17) is 11.6 Å². The molecule has 1 aromatic carbocycles. The van der Waals surface area contributed by atoms with Gasteiger partial charge in [0.05, 0.1) is 5.92 Å². The first-order valence-electron chi connectivity index (χ1n) is 7.55. The zero-order valence-corrected chi connectivity index (χ0v) is 15.0. The molecule has 0 aliphatic carbocycles. The Hall–Kier alpha value is -1.22. The molecule has 24 heavy (non-hydrogen) atoms. The Labute approximate surface area is 146 Å². The Morgan fingerprint density at radius 2 is 2.17 bits per heavy atom. The van der Waals surface area contributed by atoms with Gasteiger partial charge in [-0.15, -0.1) is 0 Å². The van der Waals surface area contributed by atoms with E-state index < -0.39 is 34.0 Å². The molecule has 0 saturated carbocycles. The molecular weight excluding hydrogens is 359 g/mol. The number of benzene rings is 1. The van der Waals surface area contributed by atoms with Crippen LogP contribution in [-0.4, -0.2) is 47.7 Å². The molecule has 0 unspecified atom stereocenters. The summed E-state index contributed by atoms with van der Waals surface area (Å²) < 4.78 is 41.6. The molecule has 6 nitrogen and oxygen atoms in total. The van der Waals surface area contributed by atoms with E-state index in [-0.39, 0.29) is 23.7 Å². The molecule has 1 aliphatic rings. The fourth-order valence-electron chi connectivity index (χ4n) is 2.93. The second-order valence-electron chi connectivity index (χ2n) is 5.90. The number of carbonyl (C=O) groups is 1. The number of carboxylic acid groups (broad SMARTS) is 1. The maximum absolute atomic E-state index is 13.9. The maximum atomic E-state index is 13.9. The lowest BCUT2D eigenvalue weighted by molar-refractivity contribution is -0.144. The third-order valence-electron chi connectivity index (χ3n) is 4.38. The average Bonchev–Trinajstić information content (AvgIpc) is 2.50. The first-order valence-corrected chi connectivity index (χ1v) is 9.32. The van der Waals surface area contributed by atoms with E-state index in [0.717, 1.165) is 4.31 Å². The monoisotopic (exact) mass is 378 g/mol. The molecule has 2 atom stereocenters. The Morgan fingerprint density at radius 1 is 1.50 bits per heavy atom. The molecule has 1 N–H and O–H groups in total. The highest BCUT2D eigenvalue weighted by molar-refractivity contribution is 7.86. The average molecular weight is 379 g/mol. The van der Waals surface area contributed by atoms with Crippen molar-refractivity contribution in [2.75, 3.05) is 13.6 Å². The summed E-state index contributed by atoms with van der Waals surface area (Å²) in [6, 6.07) is 3.48. The van der Waals surface area contributed by atoms with Crippen molar-refractivity contribution >= 4 is 27.8 Å². The molecule has 1 fully saturated rings. The topological polar surface area (TPSA) is 77.9 Å². The molecule has 0 amide bonds. The highest BCUT2D eigenvalue weighted by Gasteiger charge is 2.40. The van der Waals surface area contributed by atoms with Crippen molar-refractivity contribution in [3.05, 3.63) is 34.6 Å². The van der Waals surface area contributed by atoms with E-state index in [1.165, 1.54) is 29.6 Å². The molecule has 1 heterocycles. The predicted molar refractivity (Wildman–Crippen MR) is 88.3 cm³/mol. The van der Waals surface area contributed by atoms with Crippen LogP contribution >= 0.6 is 11.6 Å². The molecule has 0 aromatic heterocycles.